The number of rotatable bonds is 4. The number of hydrogen-bond donors (Lipinski definition) is 1. The van der Waals surface area contributed by atoms with Crippen molar-refractivity contribution in [2.45, 2.75) is 6.92 Å². The summed E-state index contributed by atoms with van der Waals surface area (Å²) in [6, 6.07) is 9.99. The van der Waals surface area contributed by atoms with Crippen molar-refractivity contribution >= 4 is 5.82 Å². The summed E-state index contributed by atoms with van der Waals surface area (Å²) in [4.78, 5) is 5.84. The van der Waals surface area contributed by atoms with Crippen LogP contribution in [0, 0.1) is 18.3 Å². The summed E-state index contributed by atoms with van der Waals surface area (Å²) in [6.07, 6.45) is 0. The first-order chi connectivity index (χ1) is 11.2. The fourth-order valence-corrected chi connectivity index (χ4v) is 2.80. The highest BCUT2D eigenvalue weighted by Gasteiger charge is 2.23. The second kappa shape index (κ2) is 6.77. The molecule has 23 heavy (non-hydrogen) atoms. The lowest BCUT2D eigenvalue weighted by Gasteiger charge is -2.34. The largest absolute Gasteiger partial charge is 0.395 e. The highest BCUT2D eigenvalue weighted by molar-refractivity contribution is 5.51. The van der Waals surface area contributed by atoms with Crippen LogP contribution in [0.2, 0.25) is 0 Å². The average Bonchev–Trinajstić information content (AvgIpc) is 3.00. The van der Waals surface area contributed by atoms with Crippen LogP contribution in [0.3, 0.4) is 0 Å². The zero-order valence-electron chi connectivity index (χ0n) is 13.2. The Morgan fingerprint density at radius 3 is 2.57 bits per heavy atom. The van der Waals surface area contributed by atoms with E-state index in [9.17, 15) is 5.26 Å². The fourth-order valence-electron chi connectivity index (χ4n) is 2.80. The van der Waals surface area contributed by atoms with Gasteiger partial charge in [-0.15, -0.1) is 15.0 Å². The number of aliphatic hydroxyl groups is 1. The zero-order chi connectivity index (χ0) is 16.2. The Balaban J connectivity index is 1.84. The minimum atomic E-state index is 0.174. The van der Waals surface area contributed by atoms with Gasteiger partial charge in [0, 0.05) is 32.7 Å². The molecule has 1 aliphatic heterocycles. The minimum absolute atomic E-state index is 0.174. The van der Waals surface area contributed by atoms with Crippen molar-refractivity contribution in [3.63, 3.8) is 0 Å². The highest BCUT2D eigenvalue weighted by atomic mass is 16.3. The molecule has 1 N–H and O–H groups in total. The topological polar surface area (TPSA) is 81.2 Å². The molecule has 3 rings (SSSR count). The number of hydrogen-bond acceptors (Lipinski definition) is 6. The molecule has 0 atom stereocenters. The van der Waals surface area contributed by atoms with Gasteiger partial charge in [0.1, 0.15) is 6.07 Å². The Bertz CT molecular complexity index is 712. The van der Waals surface area contributed by atoms with Crippen molar-refractivity contribution in [1.29, 1.82) is 5.26 Å². The second-order valence-electron chi connectivity index (χ2n) is 5.61. The van der Waals surface area contributed by atoms with Crippen LogP contribution in [-0.2, 0) is 0 Å². The van der Waals surface area contributed by atoms with Crippen LogP contribution in [0.25, 0.3) is 5.69 Å². The van der Waals surface area contributed by atoms with Gasteiger partial charge in [0.2, 0.25) is 5.69 Å². The summed E-state index contributed by atoms with van der Waals surface area (Å²) >= 11 is 0. The Hall–Kier alpha value is -2.43. The molecule has 7 nitrogen and oxygen atoms in total. The number of aliphatic hydroxyl groups excluding tert-OH is 1. The zero-order valence-corrected chi connectivity index (χ0v) is 13.2. The van der Waals surface area contributed by atoms with Gasteiger partial charge in [-0.1, -0.05) is 18.2 Å². The van der Waals surface area contributed by atoms with Crippen molar-refractivity contribution in [3.8, 4) is 11.8 Å². The maximum atomic E-state index is 9.38. The van der Waals surface area contributed by atoms with Gasteiger partial charge in [0.25, 0.3) is 0 Å². The predicted octanol–water partition coefficient (Wildman–Crippen LogP) is 0.562. The number of piperazine rings is 1. The van der Waals surface area contributed by atoms with Crippen molar-refractivity contribution < 1.29 is 5.11 Å². The molecule has 0 amide bonds. The molecule has 0 radical (unpaired) electrons. The first-order valence-electron chi connectivity index (χ1n) is 7.74. The molecule has 120 valence electrons. The van der Waals surface area contributed by atoms with Crippen LogP contribution in [-0.4, -0.2) is 64.3 Å². The third-order valence-corrected chi connectivity index (χ3v) is 4.12. The van der Waals surface area contributed by atoms with E-state index in [0.29, 0.717) is 18.1 Å². The third kappa shape index (κ3) is 3.18. The molecule has 2 heterocycles. The van der Waals surface area contributed by atoms with Gasteiger partial charge in [-0.25, -0.2) is 0 Å². The smallest absolute Gasteiger partial charge is 0.207 e. The molecular weight excluding hydrogens is 292 g/mol. The van der Waals surface area contributed by atoms with Gasteiger partial charge in [-0.05, 0) is 18.6 Å². The van der Waals surface area contributed by atoms with Crippen LogP contribution in [0.15, 0.2) is 24.3 Å². The van der Waals surface area contributed by atoms with Gasteiger partial charge in [0.05, 0.1) is 12.3 Å². The summed E-state index contributed by atoms with van der Waals surface area (Å²) < 4.78 is 0. The molecule has 0 saturated carbocycles. The van der Waals surface area contributed by atoms with Crippen molar-refractivity contribution in [2.24, 2.45) is 0 Å². The maximum Gasteiger partial charge on any atom is 0.207 e. The van der Waals surface area contributed by atoms with E-state index >= 15 is 0 Å². The van der Waals surface area contributed by atoms with Crippen LogP contribution < -0.4 is 4.90 Å². The van der Waals surface area contributed by atoms with E-state index in [1.807, 2.05) is 31.2 Å². The summed E-state index contributed by atoms with van der Waals surface area (Å²) in [5.74, 6) is 0.638. The second-order valence-corrected chi connectivity index (χ2v) is 5.61. The molecule has 1 aromatic heterocycles. The average molecular weight is 312 g/mol. The van der Waals surface area contributed by atoms with Gasteiger partial charge in [-0.3, -0.25) is 4.90 Å². The summed E-state index contributed by atoms with van der Waals surface area (Å²) in [7, 11) is 0. The molecule has 0 spiro atoms. The number of benzene rings is 1. The Kier molecular flexibility index (Phi) is 4.55. The van der Waals surface area contributed by atoms with E-state index in [4.69, 9.17) is 5.11 Å². The normalized spacial score (nSPS) is 15.6. The molecule has 1 fully saturated rings. The number of nitriles is 1. The van der Waals surface area contributed by atoms with Crippen molar-refractivity contribution in [1.82, 2.24) is 19.9 Å². The molecule has 1 aromatic carbocycles. The molecule has 2 aromatic rings. The van der Waals surface area contributed by atoms with Crippen LogP contribution >= 0.6 is 0 Å². The monoisotopic (exact) mass is 312 g/mol. The molecule has 1 aliphatic rings. The predicted molar refractivity (Wildman–Crippen MR) is 86.5 cm³/mol. The summed E-state index contributed by atoms with van der Waals surface area (Å²) in [6.45, 7) is 6.12. The molecule has 7 heteroatoms. The quantitative estimate of drug-likeness (QED) is 0.888. The maximum absolute atomic E-state index is 9.38. The van der Waals surface area contributed by atoms with Gasteiger partial charge >= 0.3 is 0 Å². The standard InChI is InChI=1S/C16H20N6O/c1-13-4-2-3-5-15(13)22-18-14(12-17)16(19-22)21-8-6-20(7-9-21)10-11-23/h2-5,23H,6-11H2,1H3. The van der Waals surface area contributed by atoms with Crippen LogP contribution in [0.5, 0.6) is 0 Å². The van der Waals surface area contributed by atoms with Crippen LogP contribution in [0.4, 0.5) is 5.82 Å². The van der Waals surface area contributed by atoms with Gasteiger partial charge < -0.3 is 10.0 Å². The first kappa shape index (κ1) is 15.5. The molecular formula is C16H20N6O. The Morgan fingerprint density at radius 2 is 1.91 bits per heavy atom. The van der Waals surface area contributed by atoms with Gasteiger partial charge in [-0.2, -0.15) is 5.26 Å². The number of aromatic nitrogens is 3. The van der Waals surface area contributed by atoms with E-state index in [1.165, 1.54) is 0 Å². The molecule has 0 aliphatic carbocycles. The number of anilines is 1. The fraction of sp³-hybridized carbons (Fsp3) is 0.438. The lowest BCUT2D eigenvalue weighted by atomic mass is 10.2. The van der Waals surface area contributed by atoms with Crippen molar-refractivity contribution in [3.05, 3.63) is 35.5 Å². The lowest BCUT2D eigenvalue weighted by Crippen LogP contribution is -2.47. The van der Waals surface area contributed by atoms with E-state index in [-0.39, 0.29) is 6.61 Å². The number of para-hydroxylation sites is 1. The molecule has 0 bridgehead atoms. The number of nitrogens with zero attached hydrogens (tertiary/aromatic N) is 6. The highest BCUT2D eigenvalue weighted by Crippen LogP contribution is 2.20. The van der Waals surface area contributed by atoms with Gasteiger partial charge in [0.15, 0.2) is 5.82 Å². The van der Waals surface area contributed by atoms with E-state index in [2.05, 4.69) is 26.1 Å². The molecule has 1 saturated heterocycles. The number of β-amino-alcohol motifs (C(OH)–C–C–N with tert-alkyl or cyclic N) is 1. The summed E-state index contributed by atoms with van der Waals surface area (Å²) in [5.41, 5.74) is 2.30. The first-order valence-corrected chi connectivity index (χ1v) is 7.74. The van der Waals surface area contributed by atoms with Crippen LogP contribution in [0.1, 0.15) is 11.3 Å². The van der Waals surface area contributed by atoms with E-state index in [0.717, 1.165) is 37.4 Å². The van der Waals surface area contributed by atoms with E-state index < -0.39 is 0 Å². The Morgan fingerprint density at radius 1 is 1.17 bits per heavy atom. The number of aryl methyl sites for hydroxylation is 1. The van der Waals surface area contributed by atoms with Crippen molar-refractivity contribution in [2.75, 3.05) is 44.2 Å². The Labute approximate surface area is 135 Å². The van der Waals surface area contributed by atoms with E-state index in [1.54, 1.807) is 4.80 Å². The minimum Gasteiger partial charge on any atom is -0.395 e. The SMILES string of the molecule is Cc1ccccc1-n1nc(C#N)c(N2CCN(CCO)CC2)n1. The molecule has 0 unspecified atom stereocenters. The summed E-state index contributed by atoms with van der Waals surface area (Å²) in [5, 5.41) is 27.3. The third-order valence-electron chi connectivity index (χ3n) is 4.12. The lowest BCUT2D eigenvalue weighted by molar-refractivity contribution is 0.188.